The molecule has 0 bridgehead atoms. The minimum Gasteiger partial charge on any atom is -0.463 e. The van der Waals surface area contributed by atoms with Crippen LogP contribution in [0.15, 0.2) is 30.3 Å². The third-order valence-electron chi connectivity index (χ3n) is 2.51. The van der Waals surface area contributed by atoms with Crippen molar-refractivity contribution >= 4 is 17.8 Å². The molecule has 0 unspecified atom stereocenters. The molecule has 1 aromatic carbocycles. The van der Waals surface area contributed by atoms with Crippen LogP contribution in [0.1, 0.15) is 17.5 Å². The first-order chi connectivity index (χ1) is 9.13. The summed E-state index contributed by atoms with van der Waals surface area (Å²) in [6, 6.07) is 7.71. The normalized spacial score (nSPS) is 10.6. The quantitative estimate of drug-likeness (QED) is 0.327. The van der Waals surface area contributed by atoms with E-state index >= 15 is 0 Å². The zero-order valence-corrected chi connectivity index (χ0v) is 11.2. The van der Waals surface area contributed by atoms with Gasteiger partial charge in [0.15, 0.2) is 5.78 Å². The van der Waals surface area contributed by atoms with Crippen LogP contribution in [0.25, 0.3) is 6.08 Å². The molecule has 4 heteroatoms. The van der Waals surface area contributed by atoms with E-state index < -0.39 is 5.97 Å². The second kappa shape index (κ2) is 8.21. The molecule has 0 spiro atoms. The molecule has 1 rings (SSSR count). The van der Waals surface area contributed by atoms with E-state index in [2.05, 4.69) is 0 Å². The number of carbonyl (C=O) groups excluding carboxylic acids is 2. The molecular formula is C15H18O4. The van der Waals surface area contributed by atoms with Crippen molar-refractivity contribution in [3.63, 3.8) is 0 Å². The van der Waals surface area contributed by atoms with E-state index in [0.717, 1.165) is 11.1 Å². The highest BCUT2D eigenvalue weighted by Crippen LogP contribution is 2.09. The number of methoxy groups -OCH3 is 1. The van der Waals surface area contributed by atoms with Crippen LogP contribution in [-0.4, -0.2) is 32.1 Å². The number of ether oxygens (including phenoxy) is 2. The number of allylic oxidation sites excluding steroid dienone is 1. The minimum absolute atomic E-state index is 0.171. The standard InChI is InChI=1S/C15H18O4/c1-12-5-3-4-6-13(12)7-8-14(16)11-15(17)19-10-9-18-2/h3-8H,9-11H2,1-2H3. The molecule has 0 heterocycles. The van der Waals surface area contributed by atoms with Gasteiger partial charge in [0, 0.05) is 7.11 Å². The average Bonchev–Trinajstić information content (AvgIpc) is 2.38. The molecule has 0 radical (unpaired) electrons. The van der Waals surface area contributed by atoms with Crippen molar-refractivity contribution in [1.29, 1.82) is 0 Å². The molecule has 102 valence electrons. The van der Waals surface area contributed by atoms with Gasteiger partial charge in [0.25, 0.3) is 0 Å². The van der Waals surface area contributed by atoms with Crippen molar-refractivity contribution in [1.82, 2.24) is 0 Å². The Labute approximate surface area is 113 Å². The molecule has 19 heavy (non-hydrogen) atoms. The molecular weight excluding hydrogens is 244 g/mol. The zero-order chi connectivity index (χ0) is 14.1. The Morgan fingerprint density at radius 2 is 1.95 bits per heavy atom. The van der Waals surface area contributed by atoms with Crippen LogP contribution in [0, 0.1) is 6.92 Å². The maximum Gasteiger partial charge on any atom is 0.313 e. The van der Waals surface area contributed by atoms with Gasteiger partial charge in [-0.05, 0) is 24.1 Å². The predicted molar refractivity (Wildman–Crippen MR) is 72.7 cm³/mol. The largest absolute Gasteiger partial charge is 0.463 e. The number of ketones is 1. The maximum absolute atomic E-state index is 11.6. The van der Waals surface area contributed by atoms with Crippen LogP contribution in [0.5, 0.6) is 0 Å². The van der Waals surface area contributed by atoms with Gasteiger partial charge in [0.2, 0.25) is 0 Å². The van der Waals surface area contributed by atoms with Crippen LogP contribution >= 0.6 is 0 Å². The number of benzene rings is 1. The summed E-state index contributed by atoms with van der Waals surface area (Å²) in [7, 11) is 1.52. The SMILES string of the molecule is COCCOC(=O)CC(=O)C=Cc1ccccc1C. The fraction of sp³-hybridized carbons (Fsp3) is 0.333. The lowest BCUT2D eigenvalue weighted by atomic mass is 10.1. The summed E-state index contributed by atoms with van der Waals surface area (Å²) < 4.78 is 9.55. The number of aryl methyl sites for hydroxylation is 1. The van der Waals surface area contributed by atoms with Gasteiger partial charge in [0.1, 0.15) is 13.0 Å². The highest BCUT2D eigenvalue weighted by Gasteiger charge is 2.07. The van der Waals surface area contributed by atoms with Crippen molar-refractivity contribution in [2.24, 2.45) is 0 Å². The lowest BCUT2D eigenvalue weighted by Crippen LogP contribution is -2.12. The van der Waals surface area contributed by atoms with Gasteiger partial charge >= 0.3 is 5.97 Å². The Morgan fingerprint density at radius 1 is 1.21 bits per heavy atom. The molecule has 0 saturated heterocycles. The summed E-state index contributed by atoms with van der Waals surface area (Å²) in [5.74, 6) is -0.804. The summed E-state index contributed by atoms with van der Waals surface area (Å²) in [5.41, 5.74) is 2.04. The van der Waals surface area contributed by atoms with E-state index in [1.807, 2.05) is 31.2 Å². The number of esters is 1. The molecule has 0 aliphatic rings. The summed E-state index contributed by atoms with van der Waals surface area (Å²) >= 11 is 0. The van der Waals surface area contributed by atoms with E-state index in [1.165, 1.54) is 13.2 Å². The molecule has 0 saturated carbocycles. The maximum atomic E-state index is 11.6. The Hall–Kier alpha value is -1.94. The highest BCUT2D eigenvalue weighted by atomic mass is 16.6. The first-order valence-corrected chi connectivity index (χ1v) is 6.04. The molecule has 0 aromatic heterocycles. The van der Waals surface area contributed by atoms with Crippen molar-refractivity contribution in [2.75, 3.05) is 20.3 Å². The number of carbonyl (C=O) groups is 2. The second-order valence-electron chi connectivity index (χ2n) is 4.05. The summed E-state index contributed by atoms with van der Waals surface area (Å²) in [6.07, 6.45) is 2.87. The lowest BCUT2D eigenvalue weighted by molar-refractivity contribution is -0.146. The first-order valence-electron chi connectivity index (χ1n) is 6.04. The summed E-state index contributed by atoms with van der Waals surface area (Å²) in [4.78, 5) is 22.8. The van der Waals surface area contributed by atoms with E-state index in [9.17, 15) is 9.59 Å². The first kappa shape index (κ1) is 15.1. The van der Waals surface area contributed by atoms with Crippen molar-refractivity contribution in [3.8, 4) is 0 Å². The lowest BCUT2D eigenvalue weighted by Gasteiger charge is -2.02. The number of hydrogen-bond acceptors (Lipinski definition) is 4. The van der Waals surface area contributed by atoms with Gasteiger partial charge in [-0.2, -0.15) is 0 Å². The molecule has 0 N–H and O–H groups in total. The molecule has 0 amide bonds. The highest BCUT2D eigenvalue weighted by molar-refractivity contribution is 6.04. The fourth-order valence-electron chi connectivity index (χ4n) is 1.45. The van der Waals surface area contributed by atoms with Gasteiger partial charge < -0.3 is 9.47 Å². The molecule has 0 aliphatic carbocycles. The summed E-state index contributed by atoms with van der Waals surface area (Å²) in [5, 5.41) is 0. The van der Waals surface area contributed by atoms with Crippen LogP contribution in [0.2, 0.25) is 0 Å². The van der Waals surface area contributed by atoms with Crippen LogP contribution < -0.4 is 0 Å². The van der Waals surface area contributed by atoms with Gasteiger partial charge in [-0.25, -0.2) is 0 Å². The number of hydrogen-bond donors (Lipinski definition) is 0. The topological polar surface area (TPSA) is 52.6 Å². The zero-order valence-electron chi connectivity index (χ0n) is 11.2. The molecule has 0 fully saturated rings. The predicted octanol–water partition coefficient (Wildman–Crippen LogP) is 2.16. The minimum atomic E-state index is -0.531. The van der Waals surface area contributed by atoms with Crippen molar-refractivity contribution in [3.05, 3.63) is 41.5 Å². The van der Waals surface area contributed by atoms with Crippen LogP contribution in [0.3, 0.4) is 0 Å². The van der Waals surface area contributed by atoms with Crippen molar-refractivity contribution in [2.45, 2.75) is 13.3 Å². The third kappa shape index (κ3) is 5.97. The van der Waals surface area contributed by atoms with Gasteiger partial charge in [-0.15, -0.1) is 0 Å². The van der Waals surface area contributed by atoms with E-state index in [1.54, 1.807) is 6.08 Å². The molecule has 0 aliphatic heterocycles. The number of rotatable bonds is 7. The van der Waals surface area contributed by atoms with E-state index in [-0.39, 0.29) is 18.8 Å². The smallest absolute Gasteiger partial charge is 0.313 e. The second-order valence-corrected chi connectivity index (χ2v) is 4.05. The monoisotopic (exact) mass is 262 g/mol. The Bertz CT molecular complexity index is 463. The van der Waals surface area contributed by atoms with Crippen LogP contribution in [0.4, 0.5) is 0 Å². The van der Waals surface area contributed by atoms with Gasteiger partial charge in [-0.1, -0.05) is 30.3 Å². The van der Waals surface area contributed by atoms with E-state index in [0.29, 0.717) is 6.61 Å². The molecule has 1 aromatic rings. The third-order valence-corrected chi connectivity index (χ3v) is 2.51. The van der Waals surface area contributed by atoms with Crippen LogP contribution in [-0.2, 0) is 19.1 Å². The fourth-order valence-corrected chi connectivity index (χ4v) is 1.45. The summed E-state index contributed by atoms with van der Waals surface area (Å²) in [6.45, 7) is 2.46. The Kier molecular flexibility index (Phi) is 6.53. The Morgan fingerprint density at radius 3 is 2.63 bits per heavy atom. The van der Waals surface area contributed by atoms with Gasteiger partial charge in [0.05, 0.1) is 6.61 Å². The Balaban J connectivity index is 2.43. The van der Waals surface area contributed by atoms with Gasteiger partial charge in [-0.3, -0.25) is 9.59 Å². The van der Waals surface area contributed by atoms with E-state index in [4.69, 9.17) is 9.47 Å². The van der Waals surface area contributed by atoms with Crippen molar-refractivity contribution < 1.29 is 19.1 Å². The molecule has 4 nitrogen and oxygen atoms in total. The average molecular weight is 262 g/mol. The molecule has 0 atom stereocenters.